The molecule has 2 rings (SSSR count). The minimum atomic E-state index is -2.67. The highest BCUT2D eigenvalue weighted by Gasteiger charge is 2.38. The Kier molecular flexibility index (Phi) is 4.71. The molecule has 0 saturated heterocycles. The molecule has 0 spiro atoms. The zero-order valence-corrected chi connectivity index (χ0v) is 16.5. The van der Waals surface area contributed by atoms with E-state index in [2.05, 4.69) is 0 Å². The standard InChI is InChI=1S/C21H27NO2S/c1-13-8-7-9-19(17(13)5)21(6,25(24)12-20(22)23)18-10-14(2)16(4)15(3)11-18/h7-11H,12H2,1-6H3,(H2,22,23)/t21?,25-/m1/s1/i12D2. The molecule has 2 aromatic carbocycles. The number of benzene rings is 2. The number of carbonyl (C=O) groups excluding carboxylic acids is 1. The summed E-state index contributed by atoms with van der Waals surface area (Å²) in [6.07, 6.45) is 0. The second-order valence-corrected chi connectivity index (χ2v) is 8.31. The number of amides is 1. The molecule has 0 aromatic heterocycles. The van der Waals surface area contributed by atoms with E-state index >= 15 is 0 Å². The lowest BCUT2D eigenvalue weighted by molar-refractivity contribution is -0.115. The van der Waals surface area contributed by atoms with E-state index in [0.29, 0.717) is 5.56 Å². The summed E-state index contributed by atoms with van der Waals surface area (Å²) >= 11 is 0. The van der Waals surface area contributed by atoms with Crippen LogP contribution in [0.25, 0.3) is 0 Å². The molecular weight excluding hydrogens is 330 g/mol. The summed E-state index contributed by atoms with van der Waals surface area (Å²) in [4.78, 5) is 11.8. The van der Waals surface area contributed by atoms with Gasteiger partial charge in [-0.15, -0.1) is 0 Å². The average Bonchev–Trinajstić information content (AvgIpc) is 2.60. The normalized spacial score (nSPS) is 16.6. The van der Waals surface area contributed by atoms with Crippen LogP contribution in [-0.4, -0.2) is 15.8 Å². The number of hydrogen-bond acceptors (Lipinski definition) is 2. The van der Waals surface area contributed by atoms with E-state index in [1.807, 2.05) is 65.0 Å². The van der Waals surface area contributed by atoms with E-state index in [4.69, 9.17) is 8.48 Å². The summed E-state index contributed by atoms with van der Waals surface area (Å²) in [5.74, 6) is -1.22. The summed E-state index contributed by atoms with van der Waals surface area (Å²) in [6, 6.07) is 9.53. The minimum absolute atomic E-state index is 0.709. The van der Waals surface area contributed by atoms with Gasteiger partial charge in [-0.2, -0.15) is 0 Å². The molecular formula is C21H27NO2S. The molecule has 2 N–H and O–H groups in total. The molecule has 0 bridgehead atoms. The molecule has 3 nitrogen and oxygen atoms in total. The molecule has 0 aliphatic carbocycles. The van der Waals surface area contributed by atoms with Crippen LogP contribution in [0, 0.1) is 34.6 Å². The highest BCUT2D eigenvalue weighted by atomic mass is 32.2. The van der Waals surface area contributed by atoms with E-state index in [1.165, 1.54) is 0 Å². The van der Waals surface area contributed by atoms with Crippen molar-refractivity contribution in [3.05, 3.63) is 69.3 Å². The molecule has 0 radical (unpaired) electrons. The smallest absolute Gasteiger partial charge is 0.230 e. The van der Waals surface area contributed by atoms with Gasteiger partial charge >= 0.3 is 0 Å². The third-order valence-electron chi connectivity index (χ3n) is 5.16. The van der Waals surface area contributed by atoms with Crippen molar-refractivity contribution >= 4 is 16.7 Å². The Morgan fingerprint density at radius 3 is 2.16 bits per heavy atom. The largest absolute Gasteiger partial charge is 0.369 e. The minimum Gasteiger partial charge on any atom is -0.369 e. The van der Waals surface area contributed by atoms with Crippen LogP contribution in [-0.2, 0) is 20.3 Å². The van der Waals surface area contributed by atoms with Crippen LogP contribution in [0.4, 0.5) is 0 Å². The molecule has 25 heavy (non-hydrogen) atoms. The first kappa shape index (κ1) is 16.5. The van der Waals surface area contributed by atoms with Crippen molar-refractivity contribution in [2.45, 2.75) is 46.3 Å². The zero-order chi connectivity index (χ0) is 20.7. The maximum atomic E-state index is 13.5. The predicted molar refractivity (Wildman–Crippen MR) is 105 cm³/mol. The molecule has 2 atom stereocenters. The quantitative estimate of drug-likeness (QED) is 0.884. The Morgan fingerprint density at radius 1 is 1.08 bits per heavy atom. The SMILES string of the molecule is [2H]C([2H])(C(N)=O)[S@@](=O)C(C)(c1cc(C)c(C)c(C)c1)c1cccc(C)c1C. The van der Waals surface area contributed by atoms with E-state index in [0.717, 1.165) is 33.4 Å². The molecule has 4 heteroatoms. The highest BCUT2D eigenvalue weighted by molar-refractivity contribution is 7.87. The molecule has 0 aliphatic heterocycles. The second kappa shape index (κ2) is 7.12. The van der Waals surface area contributed by atoms with Crippen LogP contribution >= 0.6 is 0 Å². The number of hydrogen-bond donors (Lipinski definition) is 1. The van der Waals surface area contributed by atoms with Gasteiger partial charge in [0.25, 0.3) is 0 Å². The van der Waals surface area contributed by atoms with Gasteiger partial charge in [0.05, 0.1) is 7.49 Å². The summed E-state index contributed by atoms with van der Waals surface area (Å²) < 4.78 is 28.5. The Labute approximate surface area is 155 Å². The third kappa shape index (κ3) is 3.54. The zero-order valence-electron chi connectivity index (χ0n) is 17.7. The lowest BCUT2D eigenvalue weighted by atomic mass is 9.85. The van der Waals surface area contributed by atoms with Gasteiger partial charge in [0.1, 0.15) is 5.70 Å². The number of nitrogens with two attached hydrogens (primary N) is 1. The Hall–Kier alpha value is -1.94. The maximum Gasteiger partial charge on any atom is 0.230 e. The molecule has 1 amide bonds. The van der Waals surface area contributed by atoms with E-state index in [1.54, 1.807) is 6.92 Å². The molecule has 0 saturated carbocycles. The predicted octanol–water partition coefficient (Wildman–Crippen LogP) is 3.73. The van der Waals surface area contributed by atoms with Gasteiger partial charge in [-0.1, -0.05) is 30.3 Å². The van der Waals surface area contributed by atoms with E-state index in [9.17, 15) is 9.00 Å². The van der Waals surface area contributed by atoms with Crippen molar-refractivity contribution in [3.8, 4) is 0 Å². The molecule has 0 heterocycles. The van der Waals surface area contributed by atoms with Crippen molar-refractivity contribution in [1.29, 1.82) is 0 Å². The first-order valence-corrected chi connectivity index (χ1v) is 9.37. The fourth-order valence-corrected chi connectivity index (χ4v) is 4.27. The fraction of sp³-hybridized carbons (Fsp3) is 0.381. The number of carbonyl (C=O) groups is 1. The lowest BCUT2D eigenvalue weighted by Gasteiger charge is -2.32. The summed E-state index contributed by atoms with van der Waals surface area (Å²) in [5, 5.41) is 0. The van der Waals surface area contributed by atoms with Crippen molar-refractivity contribution in [2.24, 2.45) is 5.73 Å². The molecule has 0 fully saturated rings. The Balaban J connectivity index is 2.91. The van der Waals surface area contributed by atoms with Gasteiger partial charge in [-0.05, 0) is 80.5 Å². The maximum absolute atomic E-state index is 13.5. The van der Waals surface area contributed by atoms with Gasteiger partial charge in [-0.25, -0.2) is 0 Å². The number of primary amides is 1. The number of aryl methyl sites for hydroxylation is 3. The first-order chi connectivity index (χ1) is 12.3. The fourth-order valence-electron chi connectivity index (χ4n) is 3.13. The summed E-state index contributed by atoms with van der Waals surface area (Å²) in [7, 11) is -2.25. The van der Waals surface area contributed by atoms with Gasteiger partial charge in [0, 0.05) is 10.8 Å². The summed E-state index contributed by atoms with van der Waals surface area (Å²) in [6.45, 7) is 11.6. The summed E-state index contributed by atoms with van der Waals surface area (Å²) in [5.41, 5.74) is 9.15. The average molecular weight is 360 g/mol. The van der Waals surface area contributed by atoms with Crippen molar-refractivity contribution in [3.63, 3.8) is 0 Å². The second-order valence-electron chi connectivity index (χ2n) is 6.75. The lowest BCUT2D eigenvalue weighted by Crippen LogP contribution is -2.36. The van der Waals surface area contributed by atoms with Gasteiger partial charge in [0.15, 0.2) is 0 Å². The van der Waals surface area contributed by atoms with Crippen LogP contribution in [0.3, 0.4) is 0 Å². The van der Waals surface area contributed by atoms with E-state index in [-0.39, 0.29) is 0 Å². The monoisotopic (exact) mass is 359 g/mol. The third-order valence-corrected chi connectivity index (χ3v) is 6.74. The molecule has 134 valence electrons. The van der Waals surface area contributed by atoms with Gasteiger partial charge < -0.3 is 5.73 Å². The van der Waals surface area contributed by atoms with Gasteiger partial charge in [0.2, 0.25) is 5.91 Å². The van der Waals surface area contributed by atoms with Crippen LogP contribution in [0.5, 0.6) is 0 Å². The Bertz CT molecular complexity index is 917. The Morgan fingerprint density at radius 2 is 1.64 bits per heavy atom. The van der Waals surface area contributed by atoms with Crippen molar-refractivity contribution in [1.82, 2.24) is 0 Å². The topological polar surface area (TPSA) is 60.2 Å². The first-order valence-electron chi connectivity index (χ1n) is 9.22. The molecule has 1 unspecified atom stereocenters. The highest BCUT2D eigenvalue weighted by Crippen LogP contribution is 2.39. The van der Waals surface area contributed by atoms with Crippen LogP contribution < -0.4 is 5.73 Å². The molecule has 2 aromatic rings. The van der Waals surface area contributed by atoms with Crippen molar-refractivity contribution < 1.29 is 11.7 Å². The molecule has 0 aliphatic rings. The number of rotatable bonds is 5. The van der Waals surface area contributed by atoms with Crippen molar-refractivity contribution in [2.75, 3.05) is 5.70 Å². The van der Waals surface area contributed by atoms with Gasteiger partial charge in [-0.3, -0.25) is 9.00 Å². The van der Waals surface area contributed by atoms with E-state index < -0.39 is 27.2 Å². The van der Waals surface area contributed by atoms with Crippen LogP contribution in [0.1, 0.15) is 48.6 Å². The van der Waals surface area contributed by atoms with Crippen LogP contribution in [0.15, 0.2) is 30.3 Å². The van der Waals surface area contributed by atoms with Crippen LogP contribution in [0.2, 0.25) is 0 Å².